The van der Waals surface area contributed by atoms with E-state index in [9.17, 15) is 8.78 Å². The fourth-order valence-electron chi connectivity index (χ4n) is 3.31. The molecule has 0 spiro atoms. The normalized spacial score (nSPS) is 18.4. The van der Waals surface area contributed by atoms with Crippen LogP contribution in [0.2, 0.25) is 0 Å². The van der Waals surface area contributed by atoms with Crippen LogP contribution in [0.3, 0.4) is 0 Å². The van der Waals surface area contributed by atoms with E-state index < -0.39 is 0 Å². The molecule has 130 valence electrons. The molecule has 24 heavy (non-hydrogen) atoms. The minimum Gasteiger partial charge on any atom is -0.327 e. The molecule has 1 aliphatic heterocycles. The van der Waals surface area contributed by atoms with Gasteiger partial charge in [-0.05, 0) is 54.8 Å². The summed E-state index contributed by atoms with van der Waals surface area (Å²) in [6.07, 6.45) is 2.16. The first kappa shape index (κ1) is 18.8. The summed E-state index contributed by atoms with van der Waals surface area (Å²) in [4.78, 5) is 2.35. The molecule has 2 nitrogen and oxygen atoms in total. The zero-order valence-electron chi connectivity index (χ0n) is 13.5. The summed E-state index contributed by atoms with van der Waals surface area (Å²) in [5, 5.41) is 0. The van der Waals surface area contributed by atoms with Crippen molar-refractivity contribution < 1.29 is 8.78 Å². The number of rotatable bonds is 4. The second-order valence-electron chi connectivity index (χ2n) is 6.32. The predicted molar refractivity (Wildman–Crippen MR) is 95.5 cm³/mol. The molecule has 1 heterocycles. The zero-order valence-corrected chi connectivity index (χ0v) is 14.3. The lowest BCUT2D eigenvalue weighted by Crippen LogP contribution is -2.44. The van der Waals surface area contributed by atoms with Crippen molar-refractivity contribution in [2.75, 3.05) is 19.6 Å². The Balaban J connectivity index is 0.00000208. The number of nitrogens with two attached hydrogens (primary N) is 1. The number of piperidine rings is 1. The first-order valence-electron chi connectivity index (χ1n) is 8.10. The van der Waals surface area contributed by atoms with Crippen LogP contribution in [0.15, 0.2) is 48.5 Å². The molecule has 0 radical (unpaired) electrons. The van der Waals surface area contributed by atoms with Gasteiger partial charge in [0.25, 0.3) is 0 Å². The highest BCUT2D eigenvalue weighted by atomic mass is 35.5. The Bertz CT molecular complexity index is 585. The fourth-order valence-corrected chi connectivity index (χ4v) is 3.31. The van der Waals surface area contributed by atoms with Crippen molar-refractivity contribution in [1.82, 2.24) is 4.90 Å². The molecule has 1 fully saturated rings. The van der Waals surface area contributed by atoms with Gasteiger partial charge in [0.2, 0.25) is 0 Å². The van der Waals surface area contributed by atoms with Gasteiger partial charge in [-0.25, -0.2) is 8.78 Å². The number of benzene rings is 2. The van der Waals surface area contributed by atoms with Gasteiger partial charge in [-0.2, -0.15) is 0 Å². The largest absolute Gasteiger partial charge is 0.327 e. The summed E-state index contributed by atoms with van der Waals surface area (Å²) in [5.41, 5.74) is 8.16. The maximum atomic E-state index is 13.2. The van der Waals surface area contributed by atoms with Gasteiger partial charge in [0.05, 0.1) is 0 Å². The lowest BCUT2D eigenvalue weighted by Gasteiger charge is -2.34. The summed E-state index contributed by atoms with van der Waals surface area (Å²) in [6.45, 7) is 2.70. The van der Waals surface area contributed by atoms with Crippen molar-refractivity contribution in [2.24, 2.45) is 5.73 Å². The molecule has 0 aromatic heterocycles. The third kappa shape index (κ3) is 4.76. The SMILES string of the molecule is Cl.N[C@@H]1CCCN(CC(c2ccc(F)cc2)c2ccc(F)cc2)C1. The Labute approximate surface area is 148 Å². The maximum absolute atomic E-state index is 13.2. The van der Waals surface area contributed by atoms with Gasteiger partial charge in [-0.1, -0.05) is 24.3 Å². The number of nitrogens with zero attached hydrogens (tertiary/aromatic N) is 1. The molecule has 1 aliphatic rings. The number of likely N-dealkylation sites (tertiary alicyclic amines) is 1. The third-order valence-electron chi connectivity index (χ3n) is 4.53. The molecule has 0 aliphatic carbocycles. The van der Waals surface area contributed by atoms with Crippen LogP contribution in [0, 0.1) is 11.6 Å². The van der Waals surface area contributed by atoms with E-state index in [1.165, 1.54) is 24.3 Å². The van der Waals surface area contributed by atoms with Crippen molar-refractivity contribution in [3.8, 4) is 0 Å². The van der Waals surface area contributed by atoms with Gasteiger partial charge in [0.15, 0.2) is 0 Å². The third-order valence-corrected chi connectivity index (χ3v) is 4.53. The minimum atomic E-state index is -0.244. The van der Waals surface area contributed by atoms with Crippen molar-refractivity contribution >= 4 is 12.4 Å². The molecule has 5 heteroatoms. The Kier molecular flexibility index (Phi) is 6.72. The lowest BCUT2D eigenvalue weighted by molar-refractivity contribution is 0.203. The van der Waals surface area contributed by atoms with Crippen LogP contribution in [0.25, 0.3) is 0 Å². The van der Waals surface area contributed by atoms with Gasteiger partial charge >= 0.3 is 0 Å². The van der Waals surface area contributed by atoms with Gasteiger partial charge in [0, 0.05) is 25.0 Å². The molecule has 1 atom stereocenters. The van der Waals surface area contributed by atoms with E-state index >= 15 is 0 Å². The topological polar surface area (TPSA) is 29.3 Å². The van der Waals surface area contributed by atoms with Gasteiger partial charge in [0.1, 0.15) is 11.6 Å². The van der Waals surface area contributed by atoms with E-state index in [4.69, 9.17) is 5.73 Å². The molecule has 2 aromatic carbocycles. The van der Waals surface area contributed by atoms with Crippen LogP contribution >= 0.6 is 12.4 Å². The van der Waals surface area contributed by atoms with Crippen molar-refractivity contribution in [1.29, 1.82) is 0 Å². The van der Waals surface area contributed by atoms with Gasteiger partial charge in [-0.15, -0.1) is 12.4 Å². The zero-order chi connectivity index (χ0) is 16.2. The minimum absolute atomic E-state index is 0. The van der Waals surface area contributed by atoms with E-state index in [-0.39, 0.29) is 36.0 Å². The quantitative estimate of drug-likeness (QED) is 0.903. The van der Waals surface area contributed by atoms with Crippen LogP contribution in [-0.2, 0) is 0 Å². The van der Waals surface area contributed by atoms with E-state index in [1.807, 2.05) is 24.3 Å². The highest BCUT2D eigenvalue weighted by Gasteiger charge is 2.22. The number of hydrogen-bond acceptors (Lipinski definition) is 2. The fraction of sp³-hybridized carbons (Fsp3) is 0.368. The van der Waals surface area contributed by atoms with E-state index in [1.54, 1.807) is 0 Å². The van der Waals surface area contributed by atoms with Crippen LogP contribution in [-0.4, -0.2) is 30.6 Å². The van der Waals surface area contributed by atoms with Crippen molar-refractivity contribution in [3.63, 3.8) is 0 Å². The smallest absolute Gasteiger partial charge is 0.123 e. The molecule has 0 amide bonds. The summed E-state index contributed by atoms with van der Waals surface area (Å²) in [5.74, 6) is -0.403. The molecular formula is C19H23ClF2N2. The summed E-state index contributed by atoms with van der Waals surface area (Å²) in [6, 6.07) is 13.4. The summed E-state index contributed by atoms with van der Waals surface area (Å²) < 4.78 is 26.5. The molecular weight excluding hydrogens is 330 g/mol. The number of halogens is 3. The molecule has 2 aromatic rings. The van der Waals surface area contributed by atoms with E-state index in [0.29, 0.717) is 0 Å². The Morgan fingerprint density at radius 3 is 1.92 bits per heavy atom. The summed E-state index contributed by atoms with van der Waals surface area (Å²) >= 11 is 0. The van der Waals surface area contributed by atoms with E-state index in [2.05, 4.69) is 4.90 Å². The molecule has 1 saturated heterocycles. The first-order chi connectivity index (χ1) is 11.1. The first-order valence-corrected chi connectivity index (χ1v) is 8.10. The van der Waals surface area contributed by atoms with Crippen LogP contribution < -0.4 is 5.73 Å². The second-order valence-corrected chi connectivity index (χ2v) is 6.32. The Morgan fingerprint density at radius 1 is 0.958 bits per heavy atom. The second kappa shape index (κ2) is 8.56. The number of hydrogen-bond donors (Lipinski definition) is 1. The molecule has 0 bridgehead atoms. The molecule has 2 N–H and O–H groups in total. The average molecular weight is 353 g/mol. The highest BCUT2D eigenvalue weighted by molar-refractivity contribution is 5.85. The van der Waals surface area contributed by atoms with Crippen LogP contribution in [0.5, 0.6) is 0 Å². The van der Waals surface area contributed by atoms with Crippen LogP contribution in [0.4, 0.5) is 8.78 Å². The monoisotopic (exact) mass is 352 g/mol. The standard InChI is InChI=1S/C19H22F2N2.ClH/c20-16-7-3-14(4-8-16)19(15-5-9-17(21)10-6-15)13-23-11-1-2-18(22)12-23;/h3-10,18-19H,1-2,11-13,22H2;1H/t18-;/m1./s1. The van der Waals surface area contributed by atoms with Gasteiger partial charge < -0.3 is 10.6 Å². The van der Waals surface area contributed by atoms with Crippen molar-refractivity contribution in [3.05, 3.63) is 71.3 Å². The van der Waals surface area contributed by atoms with Crippen LogP contribution in [0.1, 0.15) is 29.9 Å². The van der Waals surface area contributed by atoms with E-state index in [0.717, 1.165) is 43.6 Å². The Morgan fingerprint density at radius 2 is 1.46 bits per heavy atom. The lowest BCUT2D eigenvalue weighted by atomic mass is 9.90. The molecule has 0 saturated carbocycles. The summed E-state index contributed by atoms with van der Waals surface area (Å²) in [7, 11) is 0. The molecule has 3 rings (SSSR count). The van der Waals surface area contributed by atoms with Crippen molar-refractivity contribution in [2.45, 2.75) is 24.8 Å². The molecule has 0 unspecified atom stereocenters. The predicted octanol–water partition coefficient (Wildman–Crippen LogP) is 3.94. The highest BCUT2D eigenvalue weighted by Crippen LogP contribution is 2.27. The Hall–Kier alpha value is -1.49. The maximum Gasteiger partial charge on any atom is 0.123 e. The van der Waals surface area contributed by atoms with Gasteiger partial charge in [-0.3, -0.25) is 0 Å². The average Bonchev–Trinajstić information content (AvgIpc) is 2.55.